The molecule has 0 unspecified atom stereocenters. The molecule has 0 aliphatic carbocycles. The van der Waals surface area contributed by atoms with Crippen molar-refractivity contribution in [2.75, 3.05) is 0 Å². The van der Waals surface area contributed by atoms with Crippen LogP contribution in [0.15, 0.2) is 4.52 Å². The van der Waals surface area contributed by atoms with Crippen LogP contribution < -0.4 is 5.32 Å². The minimum atomic E-state index is -0.702. The largest absolute Gasteiger partial charge is 0.339 e. The molecule has 1 N–H and O–H groups in total. The summed E-state index contributed by atoms with van der Waals surface area (Å²) in [4.78, 5) is 22.2. The summed E-state index contributed by atoms with van der Waals surface area (Å²) in [5, 5.41) is 8.03. The molecule has 0 saturated heterocycles. The van der Waals surface area contributed by atoms with Gasteiger partial charge in [-0.2, -0.15) is 4.98 Å². The number of unbranched alkanes of at least 4 members (excludes halogenated alkanes) is 1. The number of nitrogens with zero attached hydrogens (tertiary/aromatic N) is 3. The average molecular weight is 350 g/mol. The molecule has 0 atom stereocenters. The van der Waals surface area contributed by atoms with Crippen molar-refractivity contribution in [1.82, 2.24) is 20.4 Å². The fourth-order valence-electron chi connectivity index (χ4n) is 2.32. The molecule has 0 bridgehead atoms. The van der Waals surface area contributed by atoms with Crippen LogP contribution in [0, 0.1) is 6.92 Å². The van der Waals surface area contributed by atoms with E-state index >= 15 is 0 Å². The van der Waals surface area contributed by atoms with Crippen LogP contribution in [0.3, 0.4) is 0 Å². The molecular formula is C17H26N4O2S. The van der Waals surface area contributed by atoms with Crippen molar-refractivity contribution in [2.45, 2.75) is 72.3 Å². The van der Waals surface area contributed by atoms with E-state index in [1.54, 1.807) is 0 Å². The second kappa shape index (κ2) is 7.88. The van der Waals surface area contributed by atoms with Gasteiger partial charge in [0.15, 0.2) is 5.82 Å². The molecule has 132 valence electrons. The molecule has 0 radical (unpaired) electrons. The molecule has 0 fully saturated rings. The molecule has 2 heterocycles. The van der Waals surface area contributed by atoms with Crippen LogP contribution in [0.25, 0.3) is 0 Å². The third-order valence-electron chi connectivity index (χ3n) is 3.71. The Kier molecular flexibility index (Phi) is 6.10. The fourth-order valence-corrected chi connectivity index (χ4v) is 3.32. The number of amides is 1. The Balaban J connectivity index is 2.10. The van der Waals surface area contributed by atoms with Crippen molar-refractivity contribution in [3.8, 4) is 0 Å². The molecule has 2 aromatic rings. The van der Waals surface area contributed by atoms with E-state index in [0.717, 1.165) is 42.8 Å². The van der Waals surface area contributed by atoms with Gasteiger partial charge in [0, 0.05) is 6.42 Å². The van der Waals surface area contributed by atoms with Crippen molar-refractivity contribution in [1.29, 1.82) is 0 Å². The van der Waals surface area contributed by atoms with Gasteiger partial charge < -0.3 is 9.84 Å². The summed E-state index contributed by atoms with van der Waals surface area (Å²) in [6, 6.07) is 0. The van der Waals surface area contributed by atoms with Gasteiger partial charge in [0.25, 0.3) is 5.91 Å². The maximum atomic E-state index is 12.6. The summed E-state index contributed by atoms with van der Waals surface area (Å²) in [5.74, 6) is 0.956. The first kappa shape index (κ1) is 18.6. The van der Waals surface area contributed by atoms with Gasteiger partial charge in [-0.3, -0.25) is 4.79 Å². The van der Waals surface area contributed by atoms with E-state index in [-0.39, 0.29) is 5.91 Å². The summed E-state index contributed by atoms with van der Waals surface area (Å²) in [6.45, 7) is 9.83. The lowest BCUT2D eigenvalue weighted by Gasteiger charge is -2.21. The fraction of sp³-hybridized carbons (Fsp3) is 0.647. The topological polar surface area (TPSA) is 80.9 Å². The van der Waals surface area contributed by atoms with Crippen molar-refractivity contribution in [3.63, 3.8) is 0 Å². The minimum Gasteiger partial charge on any atom is -0.339 e. The highest BCUT2D eigenvalue weighted by Gasteiger charge is 2.30. The first-order valence-corrected chi connectivity index (χ1v) is 9.30. The SMILES string of the molecule is CCCCc1nc(C)c(C(=O)NC(C)(C)c2noc(CCC)n2)s1. The number of hydrogen-bond donors (Lipinski definition) is 1. The van der Waals surface area contributed by atoms with Crippen LogP contribution in [0.2, 0.25) is 0 Å². The third-order valence-corrected chi connectivity index (χ3v) is 4.92. The second-order valence-corrected chi connectivity index (χ2v) is 7.55. The van der Waals surface area contributed by atoms with Crippen LogP contribution in [0.1, 0.15) is 79.0 Å². The Morgan fingerprint density at radius 3 is 2.62 bits per heavy atom. The van der Waals surface area contributed by atoms with Crippen LogP contribution in [0.4, 0.5) is 0 Å². The van der Waals surface area contributed by atoms with Gasteiger partial charge in [-0.1, -0.05) is 25.4 Å². The van der Waals surface area contributed by atoms with Crippen LogP contribution in [-0.4, -0.2) is 21.0 Å². The maximum Gasteiger partial charge on any atom is 0.264 e. The smallest absolute Gasteiger partial charge is 0.264 e. The molecule has 0 spiro atoms. The molecule has 2 aromatic heterocycles. The maximum absolute atomic E-state index is 12.6. The van der Waals surface area contributed by atoms with Crippen LogP contribution in [-0.2, 0) is 18.4 Å². The Bertz CT molecular complexity index is 691. The third kappa shape index (κ3) is 4.41. The summed E-state index contributed by atoms with van der Waals surface area (Å²) >= 11 is 1.47. The van der Waals surface area contributed by atoms with Gasteiger partial charge in [0.05, 0.1) is 16.2 Å². The zero-order valence-corrected chi connectivity index (χ0v) is 15.9. The Morgan fingerprint density at radius 2 is 1.96 bits per heavy atom. The van der Waals surface area contributed by atoms with Gasteiger partial charge in [-0.15, -0.1) is 11.3 Å². The number of aryl methyl sites for hydroxylation is 3. The zero-order chi connectivity index (χ0) is 17.7. The van der Waals surface area contributed by atoms with Crippen molar-refractivity contribution in [3.05, 3.63) is 27.3 Å². The summed E-state index contributed by atoms with van der Waals surface area (Å²) in [5.41, 5.74) is 0.0752. The molecular weight excluding hydrogens is 324 g/mol. The summed E-state index contributed by atoms with van der Waals surface area (Å²) < 4.78 is 5.23. The van der Waals surface area contributed by atoms with E-state index in [4.69, 9.17) is 4.52 Å². The number of carbonyl (C=O) groups is 1. The van der Waals surface area contributed by atoms with E-state index in [1.165, 1.54) is 11.3 Å². The van der Waals surface area contributed by atoms with E-state index in [1.807, 2.05) is 20.8 Å². The van der Waals surface area contributed by atoms with E-state index in [0.29, 0.717) is 16.6 Å². The molecule has 2 rings (SSSR count). The molecule has 24 heavy (non-hydrogen) atoms. The highest BCUT2D eigenvalue weighted by atomic mass is 32.1. The van der Waals surface area contributed by atoms with Gasteiger partial charge in [0.2, 0.25) is 5.89 Å². The molecule has 6 nitrogen and oxygen atoms in total. The number of rotatable bonds is 8. The van der Waals surface area contributed by atoms with Gasteiger partial charge >= 0.3 is 0 Å². The Hall–Kier alpha value is -1.76. The minimum absolute atomic E-state index is 0.139. The quantitative estimate of drug-likeness (QED) is 0.783. The molecule has 0 saturated carbocycles. The van der Waals surface area contributed by atoms with Gasteiger partial charge in [-0.25, -0.2) is 4.98 Å². The Labute approximate surface area is 147 Å². The lowest BCUT2D eigenvalue weighted by molar-refractivity contribution is 0.0911. The van der Waals surface area contributed by atoms with Crippen LogP contribution >= 0.6 is 11.3 Å². The van der Waals surface area contributed by atoms with Crippen molar-refractivity contribution >= 4 is 17.2 Å². The first-order chi connectivity index (χ1) is 11.4. The number of nitrogens with one attached hydrogen (secondary N) is 1. The Morgan fingerprint density at radius 1 is 1.21 bits per heavy atom. The molecule has 7 heteroatoms. The number of carbonyl (C=O) groups excluding carboxylic acids is 1. The lowest BCUT2D eigenvalue weighted by Crippen LogP contribution is -2.41. The van der Waals surface area contributed by atoms with Crippen molar-refractivity contribution in [2.24, 2.45) is 0 Å². The number of hydrogen-bond acceptors (Lipinski definition) is 6. The predicted octanol–water partition coefficient (Wildman–Crippen LogP) is 3.79. The highest BCUT2D eigenvalue weighted by molar-refractivity contribution is 7.13. The number of aromatic nitrogens is 3. The summed E-state index contributed by atoms with van der Waals surface area (Å²) in [7, 11) is 0. The van der Waals surface area contributed by atoms with Crippen LogP contribution in [0.5, 0.6) is 0 Å². The highest BCUT2D eigenvalue weighted by Crippen LogP contribution is 2.23. The first-order valence-electron chi connectivity index (χ1n) is 8.49. The predicted molar refractivity (Wildman–Crippen MR) is 94.2 cm³/mol. The standard InChI is InChI=1S/C17H26N4O2S/c1-6-8-10-13-18-11(3)14(24-13)15(22)20-17(4,5)16-19-12(9-7-2)23-21-16/h6-10H2,1-5H3,(H,20,22). The van der Waals surface area contributed by atoms with Gasteiger partial charge in [0.1, 0.15) is 4.88 Å². The van der Waals surface area contributed by atoms with E-state index in [2.05, 4.69) is 34.3 Å². The second-order valence-electron chi connectivity index (χ2n) is 6.47. The van der Waals surface area contributed by atoms with E-state index < -0.39 is 5.54 Å². The van der Waals surface area contributed by atoms with Crippen molar-refractivity contribution < 1.29 is 9.32 Å². The van der Waals surface area contributed by atoms with Gasteiger partial charge in [-0.05, 0) is 40.0 Å². The zero-order valence-electron chi connectivity index (χ0n) is 15.1. The molecule has 0 aliphatic heterocycles. The molecule has 0 aromatic carbocycles. The lowest BCUT2D eigenvalue weighted by atomic mass is 10.0. The summed E-state index contributed by atoms with van der Waals surface area (Å²) in [6.07, 6.45) is 4.80. The average Bonchev–Trinajstić information content (AvgIpc) is 3.12. The normalized spacial score (nSPS) is 11.7. The monoisotopic (exact) mass is 350 g/mol. The molecule has 1 amide bonds. The molecule has 0 aliphatic rings. The number of thiazole rings is 1. The van der Waals surface area contributed by atoms with E-state index in [9.17, 15) is 4.79 Å².